The van der Waals surface area contributed by atoms with Crippen LogP contribution in [0.3, 0.4) is 0 Å². The van der Waals surface area contributed by atoms with Crippen LogP contribution in [0.4, 0.5) is 0 Å². The molecule has 0 aliphatic rings. The molecule has 1 rings (SSSR count). The van der Waals surface area contributed by atoms with Gasteiger partial charge in [-0.05, 0) is 30.5 Å². The van der Waals surface area contributed by atoms with Crippen LogP contribution < -0.4 is 0 Å². The van der Waals surface area contributed by atoms with Gasteiger partial charge < -0.3 is 5.11 Å². The second-order valence-electron chi connectivity index (χ2n) is 4.96. The molecule has 1 aromatic carbocycles. The average Bonchev–Trinajstić information content (AvgIpc) is 2.27. The van der Waals surface area contributed by atoms with Gasteiger partial charge in [0.25, 0.3) is 0 Å². The van der Waals surface area contributed by atoms with Crippen molar-refractivity contribution in [2.75, 3.05) is 13.6 Å². The lowest BCUT2D eigenvalue weighted by molar-refractivity contribution is 0.0696. The number of nitrogens with zero attached hydrogens (tertiary/aromatic N) is 1. The number of hydrogen-bond acceptors (Lipinski definition) is 3. The second-order valence-corrected chi connectivity index (χ2v) is 7.01. The standard InChI is InChI=1S/C13H19NO4S/c1-9(2)8-14(4)19(17,18)11-6-5-10(3)12(7-11)13(15)16/h5-7,9H,8H2,1-4H3,(H,15,16). The molecule has 0 saturated heterocycles. The molecule has 0 aliphatic carbocycles. The third-order valence-corrected chi connectivity index (χ3v) is 4.59. The summed E-state index contributed by atoms with van der Waals surface area (Å²) >= 11 is 0. The van der Waals surface area contributed by atoms with Crippen molar-refractivity contribution >= 4 is 16.0 Å². The van der Waals surface area contributed by atoms with Crippen molar-refractivity contribution in [3.63, 3.8) is 0 Å². The van der Waals surface area contributed by atoms with E-state index in [1.165, 1.54) is 29.6 Å². The first-order chi connectivity index (χ1) is 8.66. The van der Waals surface area contributed by atoms with E-state index in [9.17, 15) is 13.2 Å². The number of benzene rings is 1. The molecular formula is C13H19NO4S. The highest BCUT2D eigenvalue weighted by molar-refractivity contribution is 7.89. The molecule has 0 unspecified atom stereocenters. The van der Waals surface area contributed by atoms with Crippen molar-refractivity contribution < 1.29 is 18.3 Å². The fraction of sp³-hybridized carbons (Fsp3) is 0.462. The Hall–Kier alpha value is -1.40. The summed E-state index contributed by atoms with van der Waals surface area (Å²) in [6, 6.07) is 4.16. The number of aryl methyl sites for hydroxylation is 1. The van der Waals surface area contributed by atoms with Crippen molar-refractivity contribution in [2.45, 2.75) is 25.7 Å². The zero-order valence-corrected chi connectivity index (χ0v) is 12.4. The van der Waals surface area contributed by atoms with Crippen molar-refractivity contribution in [2.24, 2.45) is 5.92 Å². The number of hydrogen-bond donors (Lipinski definition) is 1. The van der Waals surface area contributed by atoms with Crippen LogP contribution in [0.1, 0.15) is 29.8 Å². The van der Waals surface area contributed by atoms with Gasteiger partial charge in [0.2, 0.25) is 10.0 Å². The predicted octanol–water partition coefficient (Wildman–Crippen LogP) is 1.97. The number of carbonyl (C=O) groups is 1. The van der Waals surface area contributed by atoms with Crippen LogP contribution in [0.2, 0.25) is 0 Å². The fourth-order valence-corrected chi connectivity index (χ4v) is 3.15. The molecule has 1 N–H and O–H groups in total. The van der Waals surface area contributed by atoms with E-state index < -0.39 is 16.0 Å². The Morgan fingerprint density at radius 2 is 1.95 bits per heavy atom. The normalized spacial score (nSPS) is 12.1. The number of carboxylic acid groups (broad SMARTS) is 1. The van der Waals surface area contributed by atoms with Crippen molar-refractivity contribution in [3.8, 4) is 0 Å². The molecule has 0 heterocycles. The molecule has 19 heavy (non-hydrogen) atoms. The van der Waals surface area contributed by atoms with Crippen LogP contribution in [-0.2, 0) is 10.0 Å². The summed E-state index contributed by atoms with van der Waals surface area (Å²) in [5, 5.41) is 9.03. The van der Waals surface area contributed by atoms with Crippen molar-refractivity contribution in [1.29, 1.82) is 0 Å². The van der Waals surface area contributed by atoms with Crippen LogP contribution in [0, 0.1) is 12.8 Å². The Morgan fingerprint density at radius 1 is 1.37 bits per heavy atom. The van der Waals surface area contributed by atoms with E-state index in [-0.39, 0.29) is 16.4 Å². The zero-order chi connectivity index (χ0) is 14.8. The first-order valence-corrected chi connectivity index (χ1v) is 7.40. The molecule has 0 amide bonds. The van der Waals surface area contributed by atoms with Crippen LogP contribution >= 0.6 is 0 Å². The Labute approximate surface area is 113 Å². The zero-order valence-electron chi connectivity index (χ0n) is 11.5. The molecule has 0 atom stereocenters. The van der Waals surface area contributed by atoms with Crippen LogP contribution in [0.5, 0.6) is 0 Å². The summed E-state index contributed by atoms with van der Waals surface area (Å²) < 4.78 is 25.8. The van der Waals surface area contributed by atoms with E-state index in [1.54, 1.807) is 6.92 Å². The third kappa shape index (κ3) is 3.54. The summed E-state index contributed by atoms with van der Waals surface area (Å²) in [5.41, 5.74) is 0.553. The van der Waals surface area contributed by atoms with E-state index in [0.717, 1.165) is 0 Å². The van der Waals surface area contributed by atoms with Gasteiger partial charge in [-0.1, -0.05) is 19.9 Å². The van der Waals surface area contributed by atoms with E-state index in [4.69, 9.17) is 5.11 Å². The van der Waals surface area contributed by atoms with Crippen molar-refractivity contribution in [3.05, 3.63) is 29.3 Å². The Morgan fingerprint density at radius 3 is 2.42 bits per heavy atom. The van der Waals surface area contributed by atoms with Crippen LogP contribution in [0.15, 0.2) is 23.1 Å². The smallest absolute Gasteiger partial charge is 0.335 e. The lowest BCUT2D eigenvalue weighted by Gasteiger charge is -2.19. The van der Waals surface area contributed by atoms with Gasteiger partial charge in [-0.3, -0.25) is 0 Å². The van der Waals surface area contributed by atoms with Gasteiger partial charge >= 0.3 is 5.97 Å². The maximum atomic E-state index is 12.3. The summed E-state index contributed by atoms with van der Waals surface area (Å²) in [6.07, 6.45) is 0. The van der Waals surface area contributed by atoms with Gasteiger partial charge in [0, 0.05) is 13.6 Å². The van der Waals surface area contributed by atoms with Gasteiger partial charge in [-0.2, -0.15) is 0 Å². The quantitative estimate of drug-likeness (QED) is 0.897. The maximum Gasteiger partial charge on any atom is 0.335 e. The number of sulfonamides is 1. The minimum Gasteiger partial charge on any atom is -0.478 e. The molecule has 5 nitrogen and oxygen atoms in total. The van der Waals surface area contributed by atoms with Gasteiger partial charge in [-0.15, -0.1) is 0 Å². The molecule has 1 aromatic rings. The number of carboxylic acids is 1. The van der Waals surface area contributed by atoms with Gasteiger partial charge in [0.1, 0.15) is 0 Å². The van der Waals surface area contributed by atoms with Crippen LogP contribution in [-0.4, -0.2) is 37.4 Å². The first kappa shape index (κ1) is 15.7. The minimum atomic E-state index is -3.64. The average molecular weight is 285 g/mol. The lowest BCUT2D eigenvalue weighted by atomic mass is 10.1. The van der Waals surface area contributed by atoms with Gasteiger partial charge in [-0.25, -0.2) is 17.5 Å². The number of rotatable bonds is 5. The Kier molecular flexibility index (Phi) is 4.70. The third-order valence-electron chi connectivity index (χ3n) is 2.77. The molecule has 0 radical (unpaired) electrons. The van der Waals surface area contributed by atoms with Gasteiger partial charge in [0.05, 0.1) is 10.5 Å². The fourth-order valence-electron chi connectivity index (χ4n) is 1.78. The summed E-state index contributed by atoms with van der Waals surface area (Å²) in [5.74, 6) is -0.926. The minimum absolute atomic E-state index is 0.0126. The molecule has 0 fully saturated rings. The van der Waals surface area contributed by atoms with E-state index >= 15 is 0 Å². The molecular weight excluding hydrogens is 266 g/mol. The van der Waals surface area contributed by atoms with E-state index in [2.05, 4.69) is 0 Å². The molecule has 0 spiro atoms. The van der Waals surface area contributed by atoms with Gasteiger partial charge in [0.15, 0.2) is 0 Å². The van der Waals surface area contributed by atoms with E-state index in [0.29, 0.717) is 12.1 Å². The first-order valence-electron chi connectivity index (χ1n) is 5.96. The molecule has 0 aromatic heterocycles. The van der Waals surface area contributed by atoms with Crippen LogP contribution in [0.25, 0.3) is 0 Å². The monoisotopic (exact) mass is 285 g/mol. The maximum absolute atomic E-state index is 12.3. The SMILES string of the molecule is Cc1ccc(S(=O)(=O)N(C)CC(C)C)cc1C(=O)O. The number of aromatic carboxylic acids is 1. The molecule has 0 saturated carbocycles. The molecule has 0 bridgehead atoms. The summed E-state index contributed by atoms with van der Waals surface area (Å²) in [7, 11) is -2.14. The Balaban J connectivity index is 3.22. The highest BCUT2D eigenvalue weighted by Gasteiger charge is 2.23. The largest absolute Gasteiger partial charge is 0.478 e. The van der Waals surface area contributed by atoms with E-state index in [1.807, 2.05) is 13.8 Å². The molecule has 106 valence electrons. The lowest BCUT2D eigenvalue weighted by Crippen LogP contribution is -2.30. The summed E-state index contributed by atoms with van der Waals surface area (Å²) in [6.45, 7) is 5.87. The Bertz CT molecular complexity index is 578. The highest BCUT2D eigenvalue weighted by Crippen LogP contribution is 2.19. The summed E-state index contributed by atoms with van der Waals surface area (Å²) in [4.78, 5) is 11.1. The molecule has 6 heteroatoms. The van der Waals surface area contributed by atoms with Crippen molar-refractivity contribution in [1.82, 2.24) is 4.31 Å². The second kappa shape index (κ2) is 5.71. The molecule has 0 aliphatic heterocycles. The topological polar surface area (TPSA) is 74.7 Å². The predicted molar refractivity (Wildman–Crippen MR) is 72.8 cm³/mol. The highest BCUT2D eigenvalue weighted by atomic mass is 32.2.